The maximum atomic E-state index is 11.2. The van der Waals surface area contributed by atoms with Gasteiger partial charge in [-0.25, -0.2) is 9.59 Å². The summed E-state index contributed by atoms with van der Waals surface area (Å²) in [5.74, 6) is -0.0431. The van der Waals surface area contributed by atoms with Crippen molar-refractivity contribution in [3.05, 3.63) is 39.1 Å². The molecule has 94 valence electrons. The molecule has 0 saturated heterocycles. The number of carbonyl (C=O) groups excluding carboxylic acids is 1. The number of esters is 1. The highest BCUT2D eigenvalue weighted by atomic mass is 32.1. The highest BCUT2D eigenvalue weighted by Crippen LogP contribution is 2.25. The van der Waals surface area contributed by atoms with Crippen molar-refractivity contribution in [3.63, 3.8) is 0 Å². The van der Waals surface area contributed by atoms with E-state index in [-0.39, 0.29) is 18.5 Å². The quantitative estimate of drug-likeness (QED) is 0.741. The predicted octanol–water partition coefficient (Wildman–Crippen LogP) is 2.46. The Morgan fingerprint density at radius 3 is 2.72 bits per heavy atom. The summed E-state index contributed by atoms with van der Waals surface area (Å²) in [6.45, 7) is 4.26. The molecule has 1 aliphatic heterocycles. The van der Waals surface area contributed by atoms with Gasteiger partial charge in [-0.3, -0.25) is 0 Å². The lowest BCUT2D eigenvalue weighted by Crippen LogP contribution is -1.93. The molecule has 0 amide bonds. The first kappa shape index (κ1) is 12.5. The summed E-state index contributed by atoms with van der Waals surface area (Å²) in [6, 6.07) is 5.08. The Morgan fingerprint density at radius 1 is 1.28 bits per heavy atom. The molecule has 1 aliphatic rings. The Morgan fingerprint density at radius 2 is 2.06 bits per heavy atom. The Balaban J connectivity index is 0.000000574. The van der Waals surface area contributed by atoms with Gasteiger partial charge in [-0.1, -0.05) is 13.8 Å². The summed E-state index contributed by atoms with van der Waals surface area (Å²) in [5, 5.41) is 0. The van der Waals surface area contributed by atoms with Gasteiger partial charge in [0.1, 0.15) is 6.61 Å². The van der Waals surface area contributed by atoms with E-state index in [0.29, 0.717) is 11.1 Å². The van der Waals surface area contributed by atoms with Crippen molar-refractivity contribution in [3.8, 4) is 11.5 Å². The van der Waals surface area contributed by atoms with E-state index >= 15 is 0 Å². The summed E-state index contributed by atoms with van der Waals surface area (Å²) in [7, 11) is 0. The standard InChI is InChI=1S/C10H5NO4S.C2H6/c12-9-7-2-1-5(3-6(7)4-14-9)8-11-16-10(13)15-8;1-2/h1-3H,4H2;1-2H3. The largest absolute Gasteiger partial charge is 0.457 e. The molecular formula is C12H11NO4S. The highest BCUT2D eigenvalue weighted by molar-refractivity contribution is 7.02. The lowest BCUT2D eigenvalue weighted by Gasteiger charge is -1.96. The fraction of sp³-hybridized carbons (Fsp3) is 0.250. The molecule has 0 unspecified atom stereocenters. The molecular weight excluding hydrogens is 254 g/mol. The van der Waals surface area contributed by atoms with Crippen LogP contribution in [-0.4, -0.2) is 10.3 Å². The lowest BCUT2D eigenvalue weighted by atomic mass is 10.1. The third-order valence-electron chi connectivity index (χ3n) is 2.31. The molecule has 3 rings (SSSR count). The zero-order valence-electron chi connectivity index (χ0n) is 9.93. The van der Waals surface area contributed by atoms with Crippen molar-refractivity contribution >= 4 is 17.5 Å². The minimum Gasteiger partial charge on any atom is -0.457 e. The average molecular weight is 265 g/mol. The summed E-state index contributed by atoms with van der Waals surface area (Å²) < 4.78 is 13.6. The van der Waals surface area contributed by atoms with Crippen LogP contribution in [0.25, 0.3) is 11.5 Å². The number of ether oxygens (including phenoxy) is 1. The number of cyclic esters (lactones) is 1. The first-order chi connectivity index (χ1) is 8.74. The van der Waals surface area contributed by atoms with E-state index in [4.69, 9.17) is 9.15 Å². The third kappa shape index (κ3) is 2.19. The zero-order valence-corrected chi connectivity index (χ0v) is 10.7. The summed E-state index contributed by atoms with van der Waals surface area (Å²) in [4.78, 5) is 21.6. The summed E-state index contributed by atoms with van der Waals surface area (Å²) >= 11 is 0.763. The second-order valence-corrected chi connectivity index (χ2v) is 3.99. The van der Waals surface area contributed by atoms with Crippen molar-refractivity contribution in [1.82, 2.24) is 4.37 Å². The minimum atomic E-state index is -0.442. The highest BCUT2D eigenvalue weighted by Gasteiger charge is 2.21. The predicted molar refractivity (Wildman–Crippen MR) is 66.6 cm³/mol. The topological polar surface area (TPSA) is 69.4 Å². The Hall–Kier alpha value is -1.95. The van der Waals surface area contributed by atoms with Crippen LogP contribution in [0.2, 0.25) is 0 Å². The van der Waals surface area contributed by atoms with Crippen LogP contribution in [0, 0.1) is 0 Å². The SMILES string of the molecule is CC.O=C1OCc2cc(-c3nsc(=O)o3)ccc21. The molecule has 2 aromatic rings. The molecule has 18 heavy (non-hydrogen) atoms. The molecule has 2 heterocycles. The maximum absolute atomic E-state index is 11.2. The van der Waals surface area contributed by atoms with Gasteiger partial charge in [-0.05, 0) is 18.2 Å². The Bertz CT molecular complexity index is 629. The van der Waals surface area contributed by atoms with Crippen molar-refractivity contribution in [2.45, 2.75) is 20.5 Å². The number of nitrogens with zero attached hydrogens (tertiary/aromatic N) is 1. The van der Waals surface area contributed by atoms with Gasteiger partial charge in [0, 0.05) is 11.1 Å². The van der Waals surface area contributed by atoms with Gasteiger partial charge >= 0.3 is 10.9 Å². The number of hydrogen-bond acceptors (Lipinski definition) is 6. The van der Waals surface area contributed by atoms with Gasteiger partial charge in [0.15, 0.2) is 0 Å². The van der Waals surface area contributed by atoms with Gasteiger partial charge < -0.3 is 9.15 Å². The van der Waals surface area contributed by atoms with Crippen LogP contribution >= 0.6 is 11.5 Å². The van der Waals surface area contributed by atoms with E-state index in [1.54, 1.807) is 18.2 Å². The zero-order chi connectivity index (χ0) is 13.1. The summed E-state index contributed by atoms with van der Waals surface area (Å²) in [5.41, 5.74) is 2.02. The van der Waals surface area contributed by atoms with Gasteiger partial charge in [0.2, 0.25) is 5.89 Å². The molecule has 0 radical (unpaired) electrons. The smallest absolute Gasteiger partial charge is 0.414 e. The van der Waals surface area contributed by atoms with Crippen molar-refractivity contribution in [2.24, 2.45) is 0 Å². The normalized spacial score (nSPS) is 12.4. The van der Waals surface area contributed by atoms with Crippen molar-refractivity contribution in [2.75, 3.05) is 0 Å². The molecule has 1 aromatic heterocycles. The molecule has 6 heteroatoms. The molecule has 0 saturated carbocycles. The van der Waals surface area contributed by atoms with Crippen LogP contribution in [0.5, 0.6) is 0 Å². The van der Waals surface area contributed by atoms with E-state index in [1.165, 1.54) is 0 Å². The van der Waals surface area contributed by atoms with Crippen LogP contribution in [0.1, 0.15) is 29.8 Å². The Labute approximate surface area is 107 Å². The van der Waals surface area contributed by atoms with Gasteiger partial charge in [0.25, 0.3) is 0 Å². The number of fused-ring (bicyclic) bond motifs is 1. The summed E-state index contributed by atoms with van der Waals surface area (Å²) in [6.07, 6.45) is 0. The third-order valence-corrected chi connectivity index (χ3v) is 2.80. The van der Waals surface area contributed by atoms with Gasteiger partial charge in [-0.2, -0.15) is 0 Å². The number of benzene rings is 1. The number of aromatic nitrogens is 1. The van der Waals surface area contributed by atoms with Crippen LogP contribution in [0.15, 0.2) is 27.4 Å². The van der Waals surface area contributed by atoms with E-state index in [0.717, 1.165) is 17.1 Å². The van der Waals surface area contributed by atoms with Crippen LogP contribution in [0.4, 0.5) is 0 Å². The lowest BCUT2D eigenvalue weighted by molar-refractivity contribution is 0.0535. The Kier molecular flexibility index (Phi) is 3.57. The molecule has 0 fully saturated rings. The number of hydrogen-bond donors (Lipinski definition) is 0. The van der Waals surface area contributed by atoms with E-state index < -0.39 is 4.94 Å². The second-order valence-electron chi connectivity index (χ2n) is 3.29. The average Bonchev–Trinajstić information content (AvgIpc) is 2.99. The first-order valence-corrected chi connectivity index (χ1v) is 6.28. The van der Waals surface area contributed by atoms with Gasteiger partial charge in [0.05, 0.1) is 17.1 Å². The first-order valence-electron chi connectivity index (χ1n) is 5.51. The fourth-order valence-corrected chi connectivity index (χ4v) is 1.99. The van der Waals surface area contributed by atoms with Crippen molar-refractivity contribution in [1.29, 1.82) is 0 Å². The number of rotatable bonds is 1. The molecule has 0 atom stereocenters. The van der Waals surface area contributed by atoms with Crippen molar-refractivity contribution < 1.29 is 13.9 Å². The van der Waals surface area contributed by atoms with Gasteiger partial charge in [-0.15, -0.1) is 4.37 Å². The van der Waals surface area contributed by atoms with E-state index in [1.807, 2.05) is 13.8 Å². The van der Waals surface area contributed by atoms with Crippen LogP contribution < -0.4 is 4.94 Å². The van der Waals surface area contributed by atoms with E-state index in [2.05, 4.69) is 4.37 Å². The molecule has 1 aromatic carbocycles. The second kappa shape index (κ2) is 5.14. The minimum absolute atomic E-state index is 0.260. The monoisotopic (exact) mass is 265 g/mol. The fourth-order valence-electron chi connectivity index (χ4n) is 1.57. The molecule has 0 N–H and O–H groups in total. The molecule has 0 aliphatic carbocycles. The molecule has 5 nitrogen and oxygen atoms in total. The van der Waals surface area contributed by atoms with E-state index in [9.17, 15) is 9.59 Å². The van der Waals surface area contributed by atoms with Crippen LogP contribution in [-0.2, 0) is 11.3 Å². The maximum Gasteiger partial charge on any atom is 0.414 e. The van der Waals surface area contributed by atoms with Crippen LogP contribution in [0.3, 0.4) is 0 Å². The molecule has 0 spiro atoms. The molecule has 0 bridgehead atoms. The number of carbonyl (C=O) groups is 1.